The minimum absolute atomic E-state index is 0.423. The van der Waals surface area contributed by atoms with Gasteiger partial charge in [-0.15, -0.1) is 0 Å². The summed E-state index contributed by atoms with van der Waals surface area (Å²) >= 11 is 1.58. The Balaban J connectivity index is 1.70. The Hall–Kier alpha value is -0.0600. The summed E-state index contributed by atoms with van der Waals surface area (Å²) in [5, 5.41) is 4.01. The number of nitrogens with one attached hydrogen (secondary N) is 1. The van der Waals surface area contributed by atoms with Crippen molar-refractivity contribution in [3.63, 3.8) is 0 Å². The second-order valence-electron chi connectivity index (χ2n) is 8.51. The van der Waals surface area contributed by atoms with Crippen molar-refractivity contribution in [2.75, 3.05) is 38.5 Å². The standard InChI is InChI=1S/C24H48N2OS/c1-2-3-4-5-6-8-11-17-24(27)28-23-15-10-7-9-12-18-25-19-16-22-26-20-13-14-21-26/h25H,2-23H2,1H3. The zero-order valence-electron chi connectivity index (χ0n) is 18.8. The van der Waals surface area contributed by atoms with Crippen LogP contribution in [-0.2, 0) is 4.79 Å². The van der Waals surface area contributed by atoms with Crippen molar-refractivity contribution in [3.8, 4) is 0 Å². The minimum atomic E-state index is 0.423. The summed E-state index contributed by atoms with van der Waals surface area (Å²) in [6, 6.07) is 0. The average molecular weight is 413 g/mol. The van der Waals surface area contributed by atoms with Gasteiger partial charge in [0.15, 0.2) is 5.12 Å². The summed E-state index contributed by atoms with van der Waals surface area (Å²) in [5.41, 5.74) is 0. The van der Waals surface area contributed by atoms with E-state index in [2.05, 4.69) is 17.1 Å². The Bertz CT molecular complexity index is 345. The molecule has 3 nitrogen and oxygen atoms in total. The van der Waals surface area contributed by atoms with E-state index in [1.165, 1.54) is 123 Å². The predicted molar refractivity (Wildman–Crippen MR) is 126 cm³/mol. The van der Waals surface area contributed by atoms with Crippen molar-refractivity contribution < 1.29 is 4.79 Å². The van der Waals surface area contributed by atoms with Crippen molar-refractivity contribution in [2.24, 2.45) is 0 Å². The number of hydrogen-bond donors (Lipinski definition) is 1. The fourth-order valence-electron chi connectivity index (χ4n) is 3.93. The van der Waals surface area contributed by atoms with Crippen LogP contribution in [0, 0.1) is 0 Å². The quantitative estimate of drug-likeness (QED) is 0.234. The molecule has 0 aromatic rings. The van der Waals surface area contributed by atoms with Crippen molar-refractivity contribution in [1.82, 2.24) is 10.2 Å². The van der Waals surface area contributed by atoms with Gasteiger partial charge in [0.05, 0.1) is 0 Å². The lowest BCUT2D eigenvalue weighted by atomic mass is 10.1. The van der Waals surface area contributed by atoms with Gasteiger partial charge < -0.3 is 10.2 Å². The molecule has 1 N–H and O–H groups in total. The maximum Gasteiger partial charge on any atom is 0.188 e. The Morgan fingerprint density at radius 1 is 0.786 bits per heavy atom. The molecule has 0 unspecified atom stereocenters. The molecule has 0 atom stereocenters. The van der Waals surface area contributed by atoms with E-state index in [4.69, 9.17) is 0 Å². The number of nitrogens with zero attached hydrogens (tertiary/aromatic N) is 1. The molecule has 0 aromatic carbocycles. The maximum absolute atomic E-state index is 11.9. The van der Waals surface area contributed by atoms with Crippen LogP contribution in [0.2, 0.25) is 0 Å². The zero-order chi connectivity index (χ0) is 20.1. The monoisotopic (exact) mass is 412 g/mol. The minimum Gasteiger partial charge on any atom is -0.317 e. The van der Waals surface area contributed by atoms with Crippen molar-refractivity contribution in [1.29, 1.82) is 0 Å². The lowest BCUT2D eigenvalue weighted by Gasteiger charge is -2.14. The van der Waals surface area contributed by atoms with Crippen molar-refractivity contribution in [2.45, 2.75) is 110 Å². The molecule has 4 heteroatoms. The molecule has 1 aliphatic heterocycles. The Morgan fingerprint density at radius 2 is 1.39 bits per heavy atom. The van der Waals surface area contributed by atoms with Gasteiger partial charge >= 0.3 is 0 Å². The summed E-state index contributed by atoms with van der Waals surface area (Å²) in [5.74, 6) is 1.03. The van der Waals surface area contributed by atoms with Gasteiger partial charge in [-0.05, 0) is 71.2 Å². The first kappa shape index (κ1) is 26.0. The average Bonchev–Trinajstić information content (AvgIpc) is 3.21. The van der Waals surface area contributed by atoms with Gasteiger partial charge in [0.1, 0.15) is 0 Å². The molecule has 28 heavy (non-hydrogen) atoms. The lowest BCUT2D eigenvalue weighted by molar-refractivity contribution is -0.111. The summed E-state index contributed by atoms with van der Waals surface area (Å²) in [7, 11) is 0. The Labute approximate surface area is 180 Å². The Morgan fingerprint density at radius 3 is 2.14 bits per heavy atom. The molecule has 166 valence electrons. The SMILES string of the molecule is CCCCCCCCCC(=O)SCCCCCCCNCCCN1CCCC1. The highest BCUT2D eigenvalue weighted by Crippen LogP contribution is 2.15. The topological polar surface area (TPSA) is 32.3 Å². The molecule has 0 radical (unpaired) electrons. The van der Waals surface area contributed by atoms with Gasteiger partial charge in [-0.2, -0.15) is 0 Å². The third-order valence-electron chi connectivity index (χ3n) is 5.77. The number of carbonyl (C=O) groups excluding carboxylic acids is 1. The lowest BCUT2D eigenvalue weighted by Crippen LogP contribution is -2.25. The molecule has 0 saturated carbocycles. The van der Waals surface area contributed by atoms with Crippen LogP contribution in [0.15, 0.2) is 0 Å². The van der Waals surface area contributed by atoms with E-state index in [-0.39, 0.29) is 0 Å². The van der Waals surface area contributed by atoms with E-state index in [0.717, 1.165) is 18.6 Å². The highest BCUT2D eigenvalue weighted by molar-refractivity contribution is 8.13. The smallest absolute Gasteiger partial charge is 0.188 e. The van der Waals surface area contributed by atoms with Crippen LogP contribution in [-0.4, -0.2) is 48.5 Å². The Kier molecular flexibility index (Phi) is 18.8. The fraction of sp³-hybridized carbons (Fsp3) is 0.958. The van der Waals surface area contributed by atoms with Crippen LogP contribution in [0.4, 0.5) is 0 Å². The van der Waals surface area contributed by atoms with Gasteiger partial charge in [0.2, 0.25) is 0 Å². The van der Waals surface area contributed by atoms with E-state index in [0.29, 0.717) is 5.12 Å². The van der Waals surface area contributed by atoms with Crippen LogP contribution in [0.25, 0.3) is 0 Å². The highest BCUT2D eigenvalue weighted by Gasteiger charge is 2.09. The second-order valence-corrected chi connectivity index (χ2v) is 9.66. The van der Waals surface area contributed by atoms with Crippen LogP contribution in [0.3, 0.4) is 0 Å². The number of thioether (sulfide) groups is 1. The third kappa shape index (κ3) is 16.9. The van der Waals surface area contributed by atoms with E-state index >= 15 is 0 Å². The summed E-state index contributed by atoms with van der Waals surface area (Å²) in [6.07, 6.45) is 20.4. The second kappa shape index (κ2) is 20.2. The van der Waals surface area contributed by atoms with Gasteiger partial charge in [0, 0.05) is 12.2 Å². The van der Waals surface area contributed by atoms with Crippen molar-refractivity contribution >= 4 is 16.9 Å². The van der Waals surface area contributed by atoms with Gasteiger partial charge in [-0.3, -0.25) is 4.79 Å². The van der Waals surface area contributed by atoms with Gasteiger partial charge in [-0.1, -0.05) is 76.5 Å². The number of unbranched alkanes of at least 4 members (excludes halogenated alkanes) is 10. The normalized spacial score (nSPS) is 14.8. The molecule has 1 rings (SSSR count). The van der Waals surface area contributed by atoms with E-state index < -0.39 is 0 Å². The molecule has 0 bridgehead atoms. The van der Waals surface area contributed by atoms with Crippen LogP contribution in [0.5, 0.6) is 0 Å². The van der Waals surface area contributed by atoms with E-state index in [1.807, 2.05) is 0 Å². The third-order valence-corrected chi connectivity index (χ3v) is 6.79. The maximum atomic E-state index is 11.9. The van der Waals surface area contributed by atoms with Crippen molar-refractivity contribution in [3.05, 3.63) is 0 Å². The van der Waals surface area contributed by atoms with E-state index in [1.54, 1.807) is 11.8 Å². The highest BCUT2D eigenvalue weighted by atomic mass is 32.2. The summed E-state index contributed by atoms with van der Waals surface area (Å²) in [6.45, 7) is 8.53. The molecule has 1 heterocycles. The van der Waals surface area contributed by atoms with Gasteiger partial charge in [0.25, 0.3) is 0 Å². The molecule has 0 amide bonds. The summed E-state index contributed by atoms with van der Waals surface area (Å²) in [4.78, 5) is 14.5. The molecular weight excluding hydrogens is 364 g/mol. The predicted octanol–water partition coefficient (Wildman–Crippen LogP) is 6.41. The number of carbonyl (C=O) groups is 1. The first-order valence-corrected chi connectivity index (χ1v) is 13.4. The molecule has 0 aromatic heterocycles. The number of likely N-dealkylation sites (tertiary alicyclic amines) is 1. The molecule has 1 fully saturated rings. The zero-order valence-corrected chi connectivity index (χ0v) is 19.6. The molecule has 1 aliphatic rings. The molecule has 0 aliphatic carbocycles. The van der Waals surface area contributed by atoms with Crippen LogP contribution in [0.1, 0.15) is 110 Å². The summed E-state index contributed by atoms with van der Waals surface area (Å²) < 4.78 is 0. The molecular formula is C24H48N2OS. The fourth-order valence-corrected chi connectivity index (χ4v) is 4.79. The molecule has 0 spiro atoms. The largest absolute Gasteiger partial charge is 0.317 e. The number of hydrogen-bond acceptors (Lipinski definition) is 4. The van der Waals surface area contributed by atoms with Crippen LogP contribution < -0.4 is 5.32 Å². The molecule has 1 saturated heterocycles. The van der Waals surface area contributed by atoms with Gasteiger partial charge in [-0.25, -0.2) is 0 Å². The first-order chi connectivity index (χ1) is 13.8. The van der Waals surface area contributed by atoms with E-state index in [9.17, 15) is 4.79 Å². The first-order valence-electron chi connectivity index (χ1n) is 12.4. The van der Waals surface area contributed by atoms with Crippen LogP contribution >= 0.6 is 11.8 Å². The number of rotatable bonds is 20.